The third-order valence-electron chi connectivity index (χ3n) is 8.70. The fraction of sp³-hybridized carbons (Fsp3) is 0.394. The van der Waals surface area contributed by atoms with Crippen LogP contribution in [-0.4, -0.2) is 6.61 Å². The summed E-state index contributed by atoms with van der Waals surface area (Å²) in [7, 11) is 0. The fourth-order valence-corrected chi connectivity index (χ4v) is 6.42. The molecule has 7 heteroatoms. The molecule has 1 nitrogen and oxygen atoms in total. The number of hydrogen-bond acceptors (Lipinski definition) is 1. The van der Waals surface area contributed by atoms with Crippen LogP contribution in [-0.2, 0) is 0 Å². The maximum absolute atomic E-state index is 15.1. The summed E-state index contributed by atoms with van der Waals surface area (Å²) in [4.78, 5) is 0. The standard InChI is InChI=1S/C33H32F6O/c1-3-40-27-17-16-24(30(36)33(27)39)22-11-7-20(8-12-22)19-5-9-21(10-6-19)23-14-15-26(32(38)29(23)35)25-13-4-18(2)28(34)31(25)37/h4,9,13-17,19-20,22H,3,5-8,10-12H2,1-2H3. The third-order valence-corrected chi connectivity index (χ3v) is 8.70. The molecule has 212 valence electrons. The SMILES string of the molecule is CCOc1ccc(C2CCC(C3CC=C(c4ccc(-c5ccc(C)c(F)c5F)c(F)c4F)CC3)CC2)c(F)c1F. The van der Waals surface area contributed by atoms with Crippen LogP contribution < -0.4 is 4.74 Å². The van der Waals surface area contributed by atoms with Crippen molar-refractivity contribution in [2.24, 2.45) is 11.8 Å². The Morgan fingerprint density at radius 1 is 0.650 bits per heavy atom. The molecule has 0 heterocycles. The van der Waals surface area contributed by atoms with E-state index in [1.807, 2.05) is 6.08 Å². The molecule has 0 aromatic heterocycles. The lowest BCUT2D eigenvalue weighted by molar-refractivity contribution is 0.218. The quantitative estimate of drug-likeness (QED) is 0.274. The largest absolute Gasteiger partial charge is 0.491 e. The first-order valence-corrected chi connectivity index (χ1v) is 13.9. The molecular weight excluding hydrogens is 526 g/mol. The highest BCUT2D eigenvalue weighted by Gasteiger charge is 2.32. The van der Waals surface area contributed by atoms with Crippen LogP contribution in [0.1, 0.15) is 74.5 Å². The van der Waals surface area contributed by atoms with Crippen LogP contribution >= 0.6 is 0 Å². The van der Waals surface area contributed by atoms with Crippen LogP contribution in [0, 0.1) is 53.7 Å². The van der Waals surface area contributed by atoms with E-state index in [4.69, 9.17) is 4.74 Å². The summed E-state index contributed by atoms with van der Waals surface area (Å²) in [6.45, 7) is 3.39. The summed E-state index contributed by atoms with van der Waals surface area (Å²) in [5.41, 5.74) is 0.713. The van der Waals surface area contributed by atoms with Gasteiger partial charge >= 0.3 is 0 Å². The lowest BCUT2D eigenvalue weighted by atomic mass is 9.70. The van der Waals surface area contributed by atoms with Crippen LogP contribution in [0.5, 0.6) is 5.75 Å². The maximum Gasteiger partial charge on any atom is 0.200 e. The highest BCUT2D eigenvalue weighted by Crippen LogP contribution is 2.45. The topological polar surface area (TPSA) is 9.23 Å². The van der Waals surface area contributed by atoms with Crippen molar-refractivity contribution in [1.29, 1.82) is 0 Å². The van der Waals surface area contributed by atoms with Crippen molar-refractivity contribution in [2.45, 2.75) is 64.7 Å². The number of allylic oxidation sites excluding steroid dienone is 2. The Morgan fingerprint density at radius 2 is 1.27 bits per heavy atom. The molecule has 2 aliphatic carbocycles. The average molecular weight is 559 g/mol. The number of rotatable bonds is 6. The Balaban J connectivity index is 1.25. The number of ether oxygens (including phenoxy) is 1. The van der Waals surface area contributed by atoms with Crippen molar-refractivity contribution in [3.63, 3.8) is 0 Å². The minimum atomic E-state index is -1.20. The Labute approximate surface area is 230 Å². The summed E-state index contributed by atoms with van der Waals surface area (Å²) in [6.07, 6.45) is 7.37. The zero-order chi connectivity index (χ0) is 28.6. The molecule has 0 saturated heterocycles. The lowest BCUT2D eigenvalue weighted by Crippen LogP contribution is -2.23. The molecule has 3 aromatic carbocycles. The summed E-state index contributed by atoms with van der Waals surface area (Å²) < 4.78 is 92.8. The number of halogens is 6. The van der Waals surface area contributed by atoms with Gasteiger partial charge in [0, 0.05) is 16.7 Å². The van der Waals surface area contributed by atoms with E-state index in [1.165, 1.54) is 37.3 Å². The zero-order valence-electron chi connectivity index (χ0n) is 22.6. The molecule has 0 radical (unpaired) electrons. The second kappa shape index (κ2) is 11.7. The van der Waals surface area contributed by atoms with E-state index in [2.05, 4.69) is 0 Å². The van der Waals surface area contributed by atoms with Crippen molar-refractivity contribution in [3.8, 4) is 16.9 Å². The summed E-state index contributed by atoms with van der Waals surface area (Å²) in [6, 6.07) is 8.47. The van der Waals surface area contributed by atoms with Gasteiger partial charge in [-0.25, -0.2) is 22.0 Å². The minimum absolute atomic E-state index is 0.0430. The molecule has 1 fully saturated rings. The van der Waals surface area contributed by atoms with Gasteiger partial charge in [0.1, 0.15) is 0 Å². The van der Waals surface area contributed by atoms with Gasteiger partial charge in [-0.2, -0.15) is 4.39 Å². The molecule has 1 unspecified atom stereocenters. The van der Waals surface area contributed by atoms with E-state index in [0.717, 1.165) is 38.5 Å². The van der Waals surface area contributed by atoms with E-state index in [1.54, 1.807) is 13.0 Å². The Bertz CT molecular complexity index is 1440. The predicted octanol–water partition coefficient (Wildman–Crippen LogP) is 10.1. The molecular formula is C33H32F6O. The van der Waals surface area contributed by atoms with Crippen LogP contribution in [0.25, 0.3) is 16.7 Å². The van der Waals surface area contributed by atoms with Crippen LogP contribution in [0.4, 0.5) is 26.3 Å². The highest BCUT2D eigenvalue weighted by molar-refractivity contribution is 5.72. The molecule has 0 bridgehead atoms. The fourth-order valence-electron chi connectivity index (χ4n) is 6.42. The van der Waals surface area contributed by atoms with Crippen molar-refractivity contribution in [3.05, 3.63) is 94.1 Å². The number of benzene rings is 3. The van der Waals surface area contributed by atoms with E-state index in [0.29, 0.717) is 29.4 Å². The summed E-state index contributed by atoms with van der Waals surface area (Å²) in [5.74, 6) is -5.59. The zero-order valence-corrected chi connectivity index (χ0v) is 22.6. The van der Waals surface area contributed by atoms with Crippen LogP contribution in [0.15, 0.2) is 42.5 Å². The van der Waals surface area contributed by atoms with Gasteiger partial charge in [0.15, 0.2) is 34.8 Å². The molecule has 5 rings (SSSR count). The summed E-state index contributed by atoms with van der Waals surface area (Å²) in [5, 5.41) is 0. The van der Waals surface area contributed by atoms with Gasteiger partial charge in [-0.3, -0.25) is 0 Å². The first-order chi connectivity index (χ1) is 19.2. The smallest absolute Gasteiger partial charge is 0.200 e. The Morgan fingerprint density at radius 3 is 1.93 bits per heavy atom. The van der Waals surface area contributed by atoms with Gasteiger partial charge in [-0.1, -0.05) is 36.4 Å². The summed E-state index contributed by atoms with van der Waals surface area (Å²) >= 11 is 0. The molecule has 40 heavy (non-hydrogen) atoms. The van der Waals surface area contributed by atoms with Crippen molar-refractivity contribution >= 4 is 5.57 Å². The van der Waals surface area contributed by atoms with Gasteiger partial charge < -0.3 is 4.74 Å². The van der Waals surface area contributed by atoms with Crippen molar-refractivity contribution < 1.29 is 31.1 Å². The second-order valence-corrected chi connectivity index (χ2v) is 10.9. The molecule has 0 spiro atoms. The molecule has 1 atom stereocenters. The normalized spacial score (nSPS) is 21.3. The minimum Gasteiger partial charge on any atom is -0.491 e. The molecule has 0 amide bonds. The molecule has 1 saturated carbocycles. The van der Waals surface area contributed by atoms with Gasteiger partial charge in [0.2, 0.25) is 5.82 Å². The van der Waals surface area contributed by atoms with Crippen LogP contribution in [0.3, 0.4) is 0 Å². The van der Waals surface area contributed by atoms with E-state index in [-0.39, 0.29) is 40.5 Å². The van der Waals surface area contributed by atoms with Gasteiger partial charge in [0.05, 0.1) is 6.61 Å². The highest BCUT2D eigenvalue weighted by atomic mass is 19.2. The van der Waals surface area contributed by atoms with Crippen LogP contribution in [0.2, 0.25) is 0 Å². The molecule has 0 N–H and O–H groups in total. The second-order valence-electron chi connectivity index (χ2n) is 10.9. The maximum atomic E-state index is 15.1. The van der Waals surface area contributed by atoms with Gasteiger partial charge in [0.25, 0.3) is 0 Å². The lowest BCUT2D eigenvalue weighted by Gasteiger charge is -2.36. The Kier molecular flexibility index (Phi) is 8.29. The average Bonchev–Trinajstić information content (AvgIpc) is 2.97. The Hall–Kier alpha value is -3.22. The molecule has 3 aromatic rings. The van der Waals surface area contributed by atoms with Gasteiger partial charge in [-0.05, 0) is 99.3 Å². The van der Waals surface area contributed by atoms with E-state index in [9.17, 15) is 17.6 Å². The number of aryl methyl sites for hydroxylation is 1. The third kappa shape index (κ3) is 5.27. The first-order valence-electron chi connectivity index (χ1n) is 13.9. The predicted molar refractivity (Wildman–Crippen MR) is 144 cm³/mol. The molecule has 0 aliphatic heterocycles. The van der Waals surface area contributed by atoms with Crippen molar-refractivity contribution in [2.75, 3.05) is 6.61 Å². The first kappa shape index (κ1) is 28.3. The van der Waals surface area contributed by atoms with E-state index < -0.39 is 34.9 Å². The molecule has 2 aliphatic rings. The van der Waals surface area contributed by atoms with Gasteiger partial charge in [-0.15, -0.1) is 0 Å². The van der Waals surface area contributed by atoms with Crippen molar-refractivity contribution in [1.82, 2.24) is 0 Å². The number of hydrogen-bond donors (Lipinski definition) is 0. The van der Waals surface area contributed by atoms with E-state index >= 15 is 8.78 Å². The monoisotopic (exact) mass is 558 g/mol.